The number of hydrogen-bond acceptors (Lipinski definition) is 2. The molecule has 0 aliphatic carbocycles. The van der Waals surface area contributed by atoms with E-state index in [-0.39, 0.29) is 0 Å². The summed E-state index contributed by atoms with van der Waals surface area (Å²) in [7, 11) is -1.71. The lowest BCUT2D eigenvalue weighted by Gasteiger charge is -1.70. The van der Waals surface area contributed by atoms with Gasteiger partial charge in [-0.1, -0.05) is 0 Å². The van der Waals surface area contributed by atoms with Crippen LogP contribution in [0.15, 0.2) is 0 Å². The van der Waals surface area contributed by atoms with Crippen molar-refractivity contribution in [3.05, 3.63) is 0 Å². The van der Waals surface area contributed by atoms with Gasteiger partial charge in [0.2, 0.25) is 0 Å². The van der Waals surface area contributed by atoms with E-state index in [1.54, 1.807) is 0 Å². The van der Waals surface area contributed by atoms with Gasteiger partial charge in [-0.05, 0) is 0 Å². The minimum absolute atomic E-state index is 0.342. The minimum Gasteiger partial charge on any atom is -0.245 e. The lowest BCUT2D eigenvalue weighted by Crippen LogP contribution is -1.92. The van der Waals surface area contributed by atoms with Gasteiger partial charge in [-0.2, -0.15) is 0 Å². The lowest BCUT2D eigenvalue weighted by atomic mass is 15.9. The van der Waals surface area contributed by atoms with Gasteiger partial charge in [0.1, 0.15) is 18.8 Å². The second-order valence-corrected chi connectivity index (χ2v) is 17.2. The maximum absolute atomic E-state index is 9.76. The fourth-order valence-corrected chi connectivity index (χ4v) is 0. The van der Waals surface area contributed by atoms with E-state index in [9.17, 15) is 8.42 Å². The third kappa shape index (κ3) is 169. The molecule has 5 heteroatoms. The first-order valence-corrected chi connectivity index (χ1v) is 8.35. The van der Waals surface area contributed by atoms with Crippen molar-refractivity contribution < 1.29 is 8.42 Å². The van der Waals surface area contributed by atoms with Crippen LogP contribution in [0.2, 0.25) is 0 Å². The Bertz CT molecular complexity index is 90.8. The van der Waals surface area contributed by atoms with Crippen LogP contribution < -0.4 is 0 Å². The molecule has 0 unspecified atom stereocenters. The van der Waals surface area contributed by atoms with Crippen LogP contribution in [0.25, 0.3) is 0 Å². The van der Waals surface area contributed by atoms with Crippen LogP contribution in [0.3, 0.4) is 0 Å². The van der Waals surface area contributed by atoms with E-state index in [0.717, 1.165) is 0 Å². The summed E-state index contributed by atoms with van der Waals surface area (Å²) in [5.74, 6) is 0. The van der Waals surface area contributed by atoms with Crippen molar-refractivity contribution in [2.45, 2.75) is 0 Å². The van der Waals surface area contributed by atoms with Crippen LogP contribution >= 0.6 is 0 Å². The molecule has 0 radical (unpaired) electrons. The topological polar surface area (TPSA) is 34.1 Å². The Morgan fingerprint density at radius 2 is 1.20 bits per heavy atom. The van der Waals surface area contributed by atoms with Crippen molar-refractivity contribution in [2.24, 2.45) is 0 Å². The molecule has 0 saturated carbocycles. The maximum Gasteiger partial charge on any atom is 0.139 e. The summed E-state index contributed by atoms with van der Waals surface area (Å²) in [6.07, 6.45) is 0. The lowest BCUT2D eigenvalue weighted by molar-refractivity contribution is 0.621. The highest BCUT2D eigenvalue weighted by molar-refractivity contribution is 8.29. The molecule has 5 heavy (non-hydrogen) atoms. The van der Waals surface area contributed by atoms with E-state index in [4.69, 9.17) is 0 Å². The molecule has 0 bridgehead atoms. The molecule has 0 aromatic rings. The monoisotopic (exact) mass is 126 g/mol. The predicted octanol–water partition coefficient (Wildman–Crippen LogP) is -3.04. The van der Waals surface area contributed by atoms with Crippen molar-refractivity contribution in [3.8, 4) is 0 Å². The first-order chi connectivity index (χ1) is 2.00. The molecular weight excluding hydrogens is 120 g/mol. The first-order valence-electron chi connectivity index (χ1n) is 1.15. The largest absolute Gasteiger partial charge is 0.245 e. The SMILES string of the molecule is O=S(=O)([SiH3])[SiH3]. The molecule has 2 nitrogen and oxygen atoms in total. The molecule has 0 rings (SSSR count). The molecule has 0 aromatic heterocycles. The predicted molar refractivity (Wildman–Crippen MR) is 28.8 cm³/mol. The van der Waals surface area contributed by atoms with Gasteiger partial charge >= 0.3 is 0 Å². The standard InChI is InChI=1S/H6O2SSi2/c1-3(2,4)5/h4-5H3. The van der Waals surface area contributed by atoms with E-state index in [0.29, 0.717) is 18.8 Å². The Hall–Kier alpha value is 0.384. The highest BCUT2D eigenvalue weighted by Crippen LogP contribution is 1.56. The van der Waals surface area contributed by atoms with Gasteiger partial charge in [-0.15, -0.1) is 0 Å². The van der Waals surface area contributed by atoms with Gasteiger partial charge in [0.15, 0.2) is 0 Å². The smallest absolute Gasteiger partial charge is 0.139 e. The van der Waals surface area contributed by atoms with E-state index in [2.05, 4.69) is 0 Å². The van der Waals surface area contributed by atoms with Crippen molar-refractivity contribution >= 4 is 27.5 Å². The Kier molecular flexibility index (Phi) is 1.33. The van der Waals surface area contributed by atoms with Crippen LogP contribution in [0.4, 0.5) is 0 Å². The molecule has 32 valence electrons. The zero-order chi connectivity index (χ0) is 4.50. The van der Waals surface area contributed by atoms with Crippen molar-refractivity contribution in [2.75, 3.05) is 0 Å². The Balaban J connectivity index is 4.06. The second kappa shape index (κ2) is 1.23. The first kappa shape index (κ1) is 5.38. The summed E-state index contributed by atoms with van der Waals surface area (Å²) in [5, 5.41) is 0. The van der Waals surface area contributed by atoms with E-state index in [1.807, 2.05) is 0 Å². The van der Waals surface area contributed by atoms with E-state index >= 15 is 0 Å². The molecule has 0 aliphatic rings. The fourth-order valence-electron chi connectivity index (χ4n) is 0. The zero-order valence-electron chi connectivity index (χ0n) is 3.22. The quantitative estimate of drug-likeness (QED) is 0.323. The van der Waals surface area contributed by atoms with E-state index in [1.165, 1.54) is 0 Å². The molecule has 0 N–H and O–H groups in total. The zero-order valence-corrected chi connectivity index (χ0v) is 8.04. The minimum atomic E-state index is -2.39. The number of hydrogen-bond donors (Lipinski definition) is 0. The summed E-state index contributed by atoms with van der Waals surface area (Å²) in [4.78, 5) is 0. The average Bonchev–Trinajstić information content (AvgIpc) is 0.722. The van der Waals surface area contributed by atoms with Crippen molar-refractivity contribution in [1.82, 2.24) is 0 Å². The molecule has 0 saturated heterocycles. The fraction of sp³-hybridized carbons (Fsp3) is 0. The molecule has 0 heterocycles. The normalized spacial score (nSPS) is 12.8. The Labute approximate surface area is 36.6 Å². The van der Waals surface area contributed by atoms with Gasteiger partial charge in [-0.25, -0.2) is 8.42 Å². The summed E-state index contributed by atoms with van der Waals surface area (Å²) >= 11 is 0. The van der Waals surface area contributed by atoms with Crippen LogP contribution in [0, 0.1) is 0 Å². The molecular formula is H6O2SSi2. The highest BCUT2D eigenvalue weighted by atomic mass is 32.6. The van der Waals surface area contributed by atoms with Crippen molar-refractivity contribution in [1.29, 1.82) is 0 Å². The summed E-state index contributed by atoms with van der Waals surface area (Å²) in [6, 6.07) is 0. The Morgan fingerprint density at radius 1 is 1.20 bits per heavy atom. The van der Waals surface area contributed by atoms with Gasteiger partial charge in [-0.3, -0.25) is 0 Å². The average molecular weight is 126 g/mol. The van der Waals surface area contributed by atoms with Gasteiger partial charge < -0.3 is 0 Å². The van der Waals surface area contributed by atoms with Gasteiger partial charge in [0.25, 0.3) is 0 Å². The third-order valence-electron chi connectivity index (χ3n) is 0. The number of rotatable bonds is 0. The highest BCUT2D eigenvalue weighted by Gasteiger charge is 1.79. The third-order valence-corrected chi connectivity index (χ3v) is 0. The van der Waals surface area contributed by atoms with Crippen LogP contribution in [0.5, 0.6) is 0 Å². The van der Waals surface area contributed by atoms with Crippen LogP contribution in [-0.2, 0) is 8.74 Å². The van der Waals surface area contributed by atoms with E-state index < -0.39 is 8.74 Å². The molecule has 0 fully saturated rings. The summed E-state index contributed by atoms with van der Waals surface area (Å²) in [6.45, 7) is 0. The van der Waals surface area contributed by atoms with Crippen LogP contribution in [0.1, 0.15) is 0 Å². The Morgan fingerprint density at radius 3 is 1.20 bits per heavy atom. The molecule has 0 amide bonds. The van der Waals surface area contributed by atoms with Gasteiger partial charge in [0.05, 0.1) is 8.74 Å². The molecule has 0 atom stereocenters. The molecule has 0 aromatic carbocycles. The summed E-state index contributed by atoms with van der Waals surface area (Å²) in [5.41, 5.74) is 0. The maximum atomic E-state index is 9.76. The van der Waals surface area contributed by atoms with Gasteiger partial charge in [0, 0.05) is 0 Å². The summed E-state index contributed by atoms with van der Waals surface area (Å²) < 4.78 is 19.5. The van der Waals surface area contributed by atoms with Crippen LogP contribution in [-0.4, -0.2) is 27.2 Å². The molecule has 0 aliphatic heterocycles. The molecule has 0 spiro atoms. The van der Waals surface area contributed by atoms with Crippen molar-refractivity contribution in [3.63, 3.8) is 0 Å². The second-order valence-electron chi connectivity index (χ2n) is 1.14.